The molecule has 0 saturated heterocycles. The van der Waals surface area contributed by atoms with Crippen molar-refractivity contribution in [3.63, 3.8) is 0 Å². The molecule has 0 atom stereocenters. The van der Waals surface area contributed by atoms with E-state index in [-0.39, 0.29) is 11.8 Å². The predicted octanol–water partition coefficient (Wildman–Crippen LogP) is 3.82. The highest BCUT2D eigenvalue weighted by molar-refractivity contribution is 6.05. The van der Waals surface area contributed by atoms with E-state index in [1.54, 1.807) is 37.3 Å². The van der Waals surface area contributed by atoms with Crippen LogP contribution in [0.25, 0.3) is 0 Å². The smallest absolute Gasteiger partial charge is 0.259 e. The lowest BCUT2D eigenvalue weighted by Crippen LogP contribution is -2.14. The topological polar surface area (TPSA) is 71.3 Å². The van der Waals surface area contributed by atoms with E-state index in [2.05, 4.69) is 10.6 Å². The van der Waals surface area contributed by atoms with Crippen molar-refractivity contribution < 1.29 is 14.0 Å². The Morgan fingerprint density at radius 1 is 1.05 bits per heavy atom. The Labute approximate surface area is 129 Å². The molecule has 2 rings (SSSR count). The van der Waals surface area contributed by atoms with Gasteiger partial charge in [0.2, 0.25) is 5.91 Å². The summed E-state index contributed by atoms with van der Waals surface area (Å²) in [5.74, 6) is 0.662. The van der Waals surface area contributed by atoms with Crippen molar-refractivity contribution in [1.29, 1.82) is 0 Å². The summed E-state index contributed by atoms with van der Waals surface area (Å²) in [4.78, 5) is 23.7. The van der Waals surface area contributed by atoms with Gasteiger partial charge in [0.25, 0.3) is 5.91 Å². The second kappa shape index (κ2) is 6.93. The van der Waals surface area contributed by atoms with E-state index < -0.39 is 0 Å². The average Bonchev–Trinajstić information content (AvgIpc) is 2.86. The Hall–Kier alpha value is -2.56. The summed E-state index contributed by atoms with van der Waals surface area (Å²) in [6, 6.07) is 8.65. The second-order valence-electron chi connectivity index (χ2n) is 5.57. The second-order valence-corrected chi connectivity index (χ2v) is 5.57. The summed E-state index contributed by atoms with van der Waals surface area (Å²) in [6.45, 7) is 5.73. The van der Waals surface area contributed by atoms with Crippen molar-refractivity contribution in [2.75, 3.05) is 10.6 Å². The zero-order chi connectivity index (χ0) is 16.1. The van der Waals surface area contributed by atoms with Gasteiger partial charge in [-0.2, -0.15) is 0 Å². The van der Waals surface area contributed by atoms with Crippen LogP contribution in [0.2, 0.25) is 0 Å². The standard InChI is InChI=1S/C17H20N2O3/c1-11(2)10-16(20)18-13-4-6-14(7-5-13)19-17(21)15-8-9-22-12(15)3/h4-9,11H,10H2,1-3H3,(H,18,20)(H,19,21). The summed E-state index contributed by atoms with van der Waals surface area (Å²) >= 11 is 0. The summed E-state index contributed by atoms with van der Waals surface area (Å²) in [5, 5.41) is 5.61. The number of hydrogen-bond acceptors (Lipinski definition) is 3. The van der Waals surface area contributed by atoms with Crippen LogP contribution in [0.4, 0.5) is 11.4 Å². The molecule has 0 spiro atoms. The lowest BCUT2D eigenvalue weighted by molar-refractivity contribution is -0.116. The van der Waals surface area contributed by atoms with Crippen LogP contribution in [0.1, 0.15) is 36.4 Å². The normalized spacial score (nSPS) is 10.5. The quantitative estimate of drug-likeness (QED) is 0.881. The van der Waals surface area contributed by atoms with Gasteiger partial charge >= 0.3 is 0 Å². The first-order valence-corrected chi connectivity index (χ1v) is 7.21. The van der Waals surface area contributed by atoms with Gasteiger partial charge in [0.1, 0.15) is 5.76 Å². The zero-order valence-corrected chi connectivity index (χ0v) is 13.0. The van der Waals surface area contributed by atoms with Crippen molar-refractivity contribution in [2.45, 2.75) is 27.2 Å². The number of benzene rings is 1. The van der Waals surface area contributed by atoms with E-state index >= 15 is 0 Å². The third kappa shape index (κ3) is 4.22. The minimum atomic E-state index is -0.220. The number of aryl methyl sites for hydroxylation is 1. The third-order valence-electron chi connectivity index (χ3n) is 3.12. The van der Waals surface area contributed by atoms with E-state index in [1.807, 2.05) is 13.8 Å². The summed E-state index contributed by atoms with van der Waals surface area (Å²) in [7, 11) is 0. The number of hydrogen-bond donors (Lipinski definition) is 2. The molecule has 0 unspecified atom stereocenters. The van der Waals surface area contributed by atoms with Crippen LogP contribution >= 0.6 is 0 Å². The molecule has 0 aliphatic rings. The first-order chi connectivity index (χ1) is 10.5. The molecule has 0 radical (unpaired) electrons. The minimum absolute atomic E-state index is 0.0131. The van der Waals surface area contributed by atoms with Gasteiger partial charge in [0, 0.05) is 17.8 Å². The van der Waals surface area contributed by atoms with Gasteiger partial charge in [-0.3, -0.25) is 9.59 Å². The van der Waals surface area contributed by atoms with Crippen molar-refractivity contribution in [2.24, 2.45) is 5.92 Å². The Morgan fingerprint density at radius 2 is 1.64 bits per heavy atom. The number of carbonyl (C=O) groups excluding carboxylic acids is 2. The van der Waals surface area contributed by atoms with E-state index in [0.717, 1.165) is 0 Å². The Morgan fingerprint density at radius 3 is 2.14 bits per heavy atom. The lowest BCUT2D eigenvalue weighted by atomic mass is 10.1. The average molecular weight is 300 g/mol. The Balaban J connectivity index is 1.96. The molecule has 0 fully saturated rings. The monoisotopic (exact) mass is 300 g/mol. The van der Waals surface area contributed by atoms with Gasteiger partial charge in [-0.25, -0.2) is 0 Å². The molecule has 22 heavy (non-hydrogen) atoms. The van der Waals surface area contributed by atoms with Crippen LogP contribution in [0.15, 0.2) is 41.0 Å². The maximum Gasteiger partial charge on any atom is 0.259 e. The molecule has 0 aliphatic heterocycles. The molecule has 0 saturated carbocycles. The molecule has 2 aromatic rings. The van der Waals surface area contributed by atoms with E-state index in [0.29, 0.717) is 35.0 Å². The van der Waals surface area contributed by atoms with Gasteiger partial charge in [-0.1, -0.05) is 13.8 Å². The van der Waals surface area contributed by atoms with Crippen LogP contribution < -0.4 is 10.6 Å². The fourth-order valence-electron chi connectivity index (χ4n) is 2.04. The molecule has 5 heteroatoms. The molecular weight excluding hydrogens is 280 g/mol. The first-order valence-electron chi connectivity index (χ1n) is 7.21. The van der Waals surface area contributed by atoms with E-state index in [1.165, 1.54) is 6.26 Å². The summed E-state index contributed by atoms with van der Waals surface area (Å²) < 4.78 is 5.11. The zero-order valence-electron chi connectivity index (χ0n) is 13.0. The minimum Gasteiger partial charge on any atom is -0.469 e. The van der Waals surface area contributed by atoms with E-state index in [4.69, 9.17) is 4.42 Å². The first kappa shape index (κ1) is 15.8. The highest BCUT2D eigenvalue weighted by atomic mass is 16.3. The molecule has 2 amide bonds. The number of furan rings is 1. The third-order valence-corrected chi connectivity index (χ3v) is 3.12. The van der Waals surface area contributed by atoms with Crippen molar-refractivity contribution in [1.82, 2.24) is 0 Å². The Bertz CT molecular complexity index is 657. The van der Waals surface area contributed by atoms with Crippen LogP contribution in [-0.2, 0) is 4.79 Å². The highest BCUT2D eigenvalue weighted by Gasteiger charge is 2.11. The van der Waals surface area contributed by atoms with Crippen molar-refractivity contribution in [3.05, 3.63) is 47.9 Å². The number of carbonyl (C=O) groups is 2. The summed E-state index contributed by atoms with van der Waals surface area (Å²) in [6.07, 6.45) is 1.97. The van der Waals surface area contributed by atoms with Gasteiger partial charge < -0.3 is 15.1 Å². The number of rotatable bonds is 5. The SMILES string of the molecule is Cc1occc1C(=O)Nc1ccc(NC(=O)CC(C)C)cc1. The van der Waals surface area contributed by atoms with Crippen LogP contribution in [0.5, 0.6) is 0 Å². The van der Waals surface area contributed by atoms with Gasteiger partial charge in [0.15, 0.2) is 0 Å². The van der Waals surface area contributed by atoms with Crippen LogP contribution in [0.3, 0.4) is 0 Å². The number of amides is 2. The molecule has 0 bridgehead atoms. The van der Waals surface area contributed by atoms with Gasteiger partial charge in [0.05, 0.1) is 11.8 Å². The highest BCUT2D eigenvalue weighted by Crippen LogP contribution is 2.17. The fourth-order valence-corrected chi connectivity index (χ4v) is 2.04. The molecule has 5 nitrogen and oxygen atoms in total. The molecular formula is C17H20N2O3. The van der Waals surface area contributed by atoms with Gasteiger partial charge in [-0.05, 0) is 43.2 Å². The summed E-state index contributed by atoms with van der Waals surface area (Å²) in [5.41, 5.74) is 1.88. The Kier molecular flexibility index (Phi) is 4.99. The van der Waals surface area contributed by atoms with Crippen molar-refractivity contribution >= 4 is 23.2 Å². The molecule has 2 N–H and O–H groups in total. The molecule has 1 heterocycles. The molecule has 1 aromatic carbocycles. The van der Waals surface area contributed by atoms with Gasteiger partial charge in [-0.15, -0.1) is 0 Å². The maximum absolute atomic E-state index is 12.0. The molecule has 0 aliphatic carbocycles. The number of anilines is 2. The van der Waals surface area contributed by atoms with Crippen molar-refractivity contribution in [3.8, 4) is 0 Å². The van der Waals surface area contributed by atoms with E-state index in [9.17, 15) is 9.59 Å². The molecule has 116 valence electrons. The van der Waals surface area contributed by atoms with Crippen LogP contribution in [-0.4, -0.2) is 11.8 Å². The predicted molar refractivity (Wildman–Crippen MR) is 85.9 cm³/mol. The number of nitrogens with one attached hydrogen (secondary N) is 2. The largest absolute Gasteiger partial charge is 0.469 e. The lowest BCUT2D eigenvalue weighted by Gasteiger charge is -2.09. The fraction of sp³-hybridized carbons (Fsp3) is 0.294. The maximum atomic E-state index is 12.0. The van der Waals surface area contributed by atoms with Crippen LogP contribution in [0, 0.1) is 12.8 Å². The molecule has 1 aromatic heterocycles.